The van der Waals surface area contributed by atoms with Crippen LogP contribution in [0.2, 0.25) is 0 Å². The van der Waals surface area contributed by atoms with Gasteiger partial charge in [0.1, 0.15) is 12.1 Å². The van der Waals surface area contributed by atoms with Crippen molar-refractivity contribution in [2.24, 2.45) is 0 Å². The third kappa shape index (κ3) is 3.61. The second-order valence-corrected chi connectivity index (χ2v) is 6.39. The van der Waals surface area contributed by atoms with Gasteiger partial charge in [0, 0.05) is 45.5 Å². The van der Waals surface area contributed by atoms with Crippen LogP contribution in [0.5, 0.6) is 0 Å². The van der Waals surface area contributed by atoms with E-state index < -0.39 is 0 Å². The van der Waals surface area contributed by atoms with Crippen molar-refractivity contribution >= 4 is 23.1 Å². The highest BCUT2D eigenvalue weighted by Crippen LogP contribution is 2.35. The first-order chi connectivity index (χ1) is 13.2. The van der Waals surface area contributed by atoms with Crippen LogP contribution in [0.15, 0.2) is 30.7 Å². The smallest absolute Gasteiger partial charge is 0.353 e. The molecule has 0 bridgehead atoms. The number of piperazine rings is 1. The van der Waals surface area contributed by atoms with Crippen LogP contribution >= 0.6 is 0 Å². The summed E-state index contributed by atoms with van der Waals surface area (Å²) in [5, 5.41) is 11.8. The molecule has 0 saturated carbocycles. The summed E-state index contributed by atoms with van der Waals surface area (Å²) in [7, 11) is 0. The third-order valence-corrected chi connectivity index (χ3v) is 4.83. The molecule has 27 heavy (non-hydrogen) atoms. The van der Waals surface area contributed by atoms with Gasteiger partial charge in [0.15, 0.2) is 0 Å². The Balaban J connectivity index is 1.56. The van der Waals surface area contributed by atoms with Crippen LogP contribution in [0, 0.1) is 10.1 Å². The molecule has 0 atom stereocenters. The number of rotatable bonds is 4. The standard InChI is InChI=1S/C17H21N7O3/c25-24(26)15-16(19-13-20-17(15)23-9-11-27-12-10-23)22-7-5-21(6-8-22)14-3-1-2-4-18-14/h1-4,13H,5-12H2. The average Bonchev–Trinajstić information content (AvgIpc) is 2.74. The molecule has 0 N–H and O–H groups in total. The molecule has 0 spiro atoms. The van der Waals surface area contributed by atoms with Crippen LogP contribution in [0.4, 0.5) is 23.1 Å². The molecule has 2 fully saturated rings. The summed E-state index contributed by atoms with van der Waals surface area (Å²) in [5.41, 5.74) is -0.0225. The van der Waals surface area contributed by atoms with E-state index in [9.17, 15) is 10.1 Å². The fourth-order valence-electron chi connectivity index (χ4n) is 3.45. The maximum absolute atomic E-state index is 11.8. The van der Waals surface area contributed by atoms with Gasteiger partial charge in [0.25, 0.3) is 0 Å². The van der Waals surface area contributed by atoms with E-state index in [4.69, 9.17) is 4.74 Å². The Morgan fingerprint density at radius 2 is 1.52 bits per heavy atom. The van der Waals surface area contributed by atoms with Crippen LogP contribution < -0.4 is 14.7 Å². The van der Waals surface area contributed by atoms with Crippen molar-refractivity contribution in [1.29, 1.82) is 0 Å². The van der Waals surface area contributed by atoms with Gasteiger partial charge in [-0.3, -0.25) is 10.1 Å². The summed E-state index contributed by atoms with van der Waals surface area (Å²) < 4.78 is 5.35. The first kappa shape index (κ1) is 17.4. The highest BCUT2D eigenvalue weighted by Gasteiger charge is 2.32. The summed E-state index contributed by atoms with van der Waals surface area (Å²) in [6.45, 7) is 4.98. The number of hydrogen-bond donors (Lipinski definition) is 0. The normalized spacial score (nSPS) is 17.9. The minimum Gasteiger partial charge on any atom is -0.378 e. The van der Waals surface area contributed by atoms with Gasteiger partial charge < -0.3 is 19.4 Å². The van der Waals surface area contributed by atoms with E-state index in [0.717, 1.165) is 18.9 Å². The van der Waals surface area contributed by atoms with E-state index in [0.29, 0.717) is 51.0 Å². The van der Waals surface area contributed by atoms with E-state index in [1.165, 1.54) is 6.33 Å². The number of ether oxygens (including phenoxy) is 1. The molecule has 2 aromatic heterocycles. The Bertz CT molecular complexity index is 790. The van der Waals surface area contributed by atoms with Crippen molar-refractivity contribution in [2.75, 3.05) is 67.2 Å². The van der Waals surface area contributed by atoms with Crippen molar-refractivity contribution in [3.8, 4) is 0 Å². The lowest BCUT2D eigenvalue weighted by Crippen LogP contribution is -2.47. The number of morpholine rings is 1. The van der Waals surface area contributed by atoms with Crippen LogP contribution in [0.25, 0.3) is 0 Å². The highest BCUT2D eigenvalue weighted by atomic mass is 16.6. The topological polar surface area (TPSA) is 101 Å². The zero-order valence-corrected chi connectivity index (χ0v) is 14.9. The van der Waals surface area contributed by atoms with E-state index >= 15 is 0 Å². The number of aromatic nitrogens is 3. The third-order valence-electron chi connectivity index (χ3n) is 4.83. The van der Waals surface area contributed by atoms with Crippen LogP contribution in [0.3, 0.4) is 0 Å². The highest BCUT2D eigenvalue weighted by molar-refractivity contribution is 5.71. The van der Waals surface area contributed by atoms with Crippen molar-refractivity contribution in [3.05, 3.63) is 40.8 Å². The molecule has 0 aliphatic carbocycles. The maximum atomic E-state index is 11.8. The lowest BCUT2D eigenvalue weighted by Gasteiger charge is -2.36. The van der Waals surface area contributed by atoms with E-state index in [1.54, 1.807) is 6.20 Å². The summed E-state index contributed by atoms with van der Waals surface area (Å²) in [6, 6.07) is 5.81. The van der Waals surface area contributed by atoms with Gasteiger partial charge in [-0.25, -0.2) is 15.0 Å². The molecule has 2 aliphatic heterocycles. The molecule has 10 nitrogen and oxygen atoms in total. The van der Waals surface area contributed by atoms with Crippen molar-refractivity contribution in [1.82, 2.24) is 15.0 Å². The molecule has 142 valence electrons. The molecule has 10 heteroatoms. The van der Waals surface area contributed by atoms with Gasteiger partial charge in [-0.05, 0) is 12.1 Å². The van der Waals surface area contributed by atoms with Gasteiger partial charge in [-0.2, -0.15) is 0 Å². The van der Waals surface area contributed by atoms with Crippen LogP contribution in [-0.4, -0.2) is 72.4 Å². The molecule has 0 radical (unpaired) electrons. The van der Waals surface area contributed by atoms with E-state index in [1.807, 2.05) is 28.0 Å². The Labute approximate surface area is 156 Å². The van der Waals surface area contributed by atoms with Crippen LogP contribution in [-0.2, 0) is 4.74 Å². The molecule has 0 unspecified atom stereocenters. The second kappa shape index (κ2) is 7.70. The summed E-state index contributed by atoms with van der Waals surface area (Å²) in [6.07, 6.45) is 3.18. The minimum atomic E-state index is -0.370. The van der Waals surface area contributed by atoms with Gasteiger partial charge >= 0.3 is 5.69 Å². The van der Waals surface area contributed by atoms with Crippen molar-refractivity contribution in [2.45, 2.75) is 0 Å². The Morgan fingerprint density at radius 3 is 2.11 bits per heavy atom. The Morgan fingerprint density at radius 1 is 0.889 bits per heavy atom. The number of anilines is 3. The second-order valence-electron chi connectivity index (χ2n) is 6.39. The van der Waals surface area contributed by atoms with Crippen molar-refractivity contribution in [3.63, 3.8) is 0 Å². The lowest BCUT2D eigenvalue weighted by molar-refractivity contribution is -0.383. The zero-order chi connectivity index (χ0) is 18.6. The minimum absolute atomic E-state index is 0.0225. The van der Waals surface area contributed by atoms with Gasteiger partial charge in [-0.1, -0.05) is 6.07 Å². The summed E-state index contributed by atoms with van der Waals surface area (Å²) in [4.78, 5) is 30.3. The molecule has 4 heterocycles. The van der Waals surface area contributed by atoms with E-state index in [2.05, 4.69) is 19.9 Å². The van der Waals surface area contributed by atoms with E-state index in [-0.39, 0.29) is 10.6 Å². The van der Waals surface area contributed by atoms with Crippen molar-refractivity contribution < 1.29 is 9.66 Å². The van der Waals surface area contributed by atoms with Crippen LogP contribution in [0.1, 0.15) is 0 Å². The number of hydrogen-bond acceptors (Lipinski definition) is 9. The fourth-order valence-corrected chi connectivity index (χ4v) is 3.45. The molecule has 2 aliphatic rings. The summed E-state index contributed by atoms with van der Waals surface area (Å²) in [5.74, 6) is 1.68. The molecule has 2 aromatic rings. The molecular weight excluding hydrogens is 350 g/mol. The first-order valence-corrected chi connectivity index (χ1v) is 8.97. The maximum Gasteiger partial charge on any atom is 0.353 e. The molecule has 0 amide bonds. The fraction of sp³-hybridized carbons (Fsp3) is 0.471. The molecular formula is C17H21N7O3. The molecule has 2 saturated heterocycles. The number of pyridine rings is 1. The van der Waals surface area contributed by atoms with Gasteiger partial charge in [-0.15, -0.1) is 0 Å². The predicted octanol–water partition coefficient (Wildman–Crippen LogP) is 0.943. The predicted molar refractivity (Wildman–Crippen MR) is 100 cm³/mol. The molecule has 4 rings (SSSR count). The molecule has 0 aromatic carbocycles. The Kier molecular flexibility index (Phi) is 4.97. The number of nitrogens with zero attached hydrogens (tertiary/aromatic N) is 7. The Hall–Kier alpha value is -3.01. The lowest BCUT2D eigenvalue weighted by atomic mass is 10.2. The summed E-state index contributed by atoms with van der Waals surface area (Å²) >= 11 is 0. The quantitative estimate of drug-likeness (QED) is 0.574. The monoisotopic (exact) mass is 371 g/mol. The van der Waals surface area contributed by atoms with Gasteiger partial charge in [0.05, 0.1) is 18.1 Å². The largest absolute Gasteiger partial charge is 0.378 e. The zero-order valence-electron chi connectivity index (χ0n) is 14.9. The van der Waals surface area contributed by atoms with Gasteiger partial charge in [0.2, 0.25) is 11.6 Å². The first-order valence-electron chi connectivity index (χ1n) is 8.97. The average molecular weight is 371 g/mol. The SMILES string of the molecule is O=[N+]([O-])c1c(N2CCOCC2)ncnc1N1CCN(c2ccccn2)CC1. The number of nitro groups is 1.